The predicted octanol–water partition coefficient (Wildman–Crippen LogP) is 0.783. The highest BCUT2D eigenvalue weighted by atomic mass is 16.7. The molecule has 1 aromatic heterocycles. The van der Waals surface area contributed by atoms with Gasteiger partial charge in [0.2, 0.25) is 6.29 Å². The average molecular weight is 432 g/mol. The Morgan fingerprint density at radius 2 is 1.65 bits per heavy atom. The molecule has 0 aliphatic carbocycles. The zero-order chi connectivity index (χ0) is 22.4. The summed E-state index contributed by atoms with van der Waals surface area (Å²) < 4.78 is 16.5. The highest BCUT2D eigenvalue weighted by Gasteiger charge is 2.43. The molecular weight excluding hydrogens is 412 g/mol. The fourth-order valence-corrected chi connectivity index (χ4v) is 3.41. The lowest BCUT2D eigenvalue weighted by molar-refractivity contribution is -0.268. The molecule has 6 N–H and O–H groups in total. The van der Waals surface area contributed by atoms with Crippen LogP contribution in [0.1, 0.15) is 6.92 Å². The van der Waals surface area contributed by atoms with E-state index in [0.29, 0.717) is 0 Å². The van der Waals surface area contributed by atoms with Gasteiger partial charge < -0.3 is 44.5 Å². The van der Waals surface area contributed by atoms with E-state index in [-0.39, 0.29) is 39.5 Å². The number of hydrogen-bond acceptors (Lipinski definition) is 10. The Balaban J connectivity index is 1.75. The minimum atomic E-state index is -1.58. The topological polar surface area (TPSA) is 170 Å². The van der Waals surface area contributed by atoms with Crippen LogP contribution < -0.4 is 10.2 Å². The van der Waals surface area contributed by atoms with Crippen molar-refractivity contribution in [2.75, 3.05) is 0 Å². The Bertz CT molecular complexity index is 1190. The summed E-state index contributed by atoms with van der Waals surface area (Å²) in [5.41, 5.74) is -0.648. The van der Waals surface area contributed by atoms with Gasteiger partial charge in [0.25, 0.3) is 0 Å². The van der Waals surface area contributed by atoms with Crippen LogP contribution in [0.15, 0.2) is 45.6 Å². The summed E-state index contributed by atoms with van der Waals surface area (Å²) in [5.74, 6) is -0.980. The molecule has 1 fully saturated rings. The molecular formula is C21H20O10. The third-order valence-corrected chi connectivity index (χ3v) is 5.09. The van der Waals surface area contributed by atoms with Crippen molar-refractivity contribution in [2.24, 2.45) is 0 Å². The minimum absolute atomic E-state index is 0.0507. The van der Waals surface area contributed by atoms with Crippen molar-refractivity contribution >= 4 is 11.0 Å². The van der Waals surface area contributed by atoms with Gasteiger partial charge in [-0.2, -0.15) is 0 Å². The first kappa shape index (κ1) is 20.9. The first-order valence-electron chi connectivity index (χ1n) is 9.35. The maximum Gasteiger partial charge on any atom is 0.229 e. The third-order valence-electron chi connectivity index (χ3n) is 5.09. The summed E-state index contributed by atoms with van der Waals surface area (Å²) in [6.45, 7) is 1.49. The van der Waals surface area contributed by atoms with E-state index in [2.05, 4.69) is 0 Å². The molecule has 1 aliphatic heterocycles. The van der Waals surface area contributed by atoms with Crippen LogP contribution in [-0.2, 0) is 4.74 Å². The van der Waals surface area contributed by atoms with E-state index in [9.17, 15) is 35.4 Å². The number of phenolic OH excluding ortho intramolecular Hbond substituents is 3. The molecule has 0 bridgehead atoms. The van der Waals surface area contributed by atoms with Gasteiger partial charge in [-0.3, -0.25) is 4.79 Å². The summed E-state index contributed by atoms with van der Waals surface area (Å²) in [6.07, 6.45) is -6.60. The van der Waals surface area contributed by atoms with Gasteiger partial charge in [-0.1, -0.05) is 0 Å². The van der Waals surface area contributed by atoms with Gasteiger partial charge in [-0.15, -0.1) is 0 Å². The fourth-order valence-electron chi connectivity index (χ4n) is 3.41. The van der Waals surface area contributed by atoms with Crippen LogP contribution in [0.3, 0.4) is 0 Å². The monoisotopic (exact) mass is 432 g/mol. The quantitative estimate of drug-likeness (QED) is 0.325. The van der Waals surface area contributed by atoms with Crippen molar-refractivity contribution in [3.05, 3.63) is 46.6 Å². The number of ether oxygens (including phenoxy) is 2. The van der Waals surface area contributed by atoms with E-state index in [4.69, 9.17) is 13.9 Å². The Labute approximate surface area is 174 Å². The first-order valence-corrected chi connectivity index (χ1v) is 9.35. The lowest BCUT2D eigenvalue weighted by atomic mass is 10.00. The maximum atomic E-state index is 12.5. The molecule has 1 saturated heterocycles. The van der Waals surface area contributed by atoms with Crippen LogP contribution in [-0.4, -0.2) is 61.3 Å². The molecule has 2 aromatic carbocycles. The molecule has 10 heteroatoms. The molecule has 10 nitrogen and oxygen atoms in total. The van der Waals surface area contributed by atoms with E-state index in [1.807, 2.05) is 0 Å². The predicted molar refractivity (Wildman–Crippen MR) is 106 cm³/mol. The van der Waals surface area contributed by atoms with Gasteiger partial charge in [0.15, 0.2) is 5.43 Å². The number of aliphatic hydroxyl groups excluding tert-OH is 3. The van der Waals surface area contributed by atoms with Gasteiger partial charge in [-0.05, 0) is 25.1 Å². The minimum Gasteiger partial charge on any atom is -0.508 e. The lowest BCUT2D eigenvalue weighted by Crippen LogP contribution is -2.58. The molecule has 4 rings (SSSR count). The number of phenols is 3. The standard InChI is InChI=1S/C21H20O10/c1-8-18(26)19(27)20(28)21(29-8)30-10-5-13(24)17-14(25)7-15(31-16(17)6-10)11-4-9(22)2-3-12(11)23/h2-8,18-24,26-28H,1H3/t8-,18?,19+,20?,21+/m0/s1. The first-order chi connectivity index (χ1) is 14.7. The Kier molecular flexibility index (Phi) is 5.23. The van der Waals surface area contributed by atoms with E-state index in [1.54, 1.807) is 0 Å². The van der Waals surface area contributed by atoms with Gasteiger partial charge in [-0.25, -0.2) is 0 Å². The van der Waals surface area contributed by atoms with Crippen LogP contribution >= 0.6 is 0 Å². The molecule has 0 amide bonds. The van der Waals surface area contributed by atoms with E-state index in [1.165, 1.54) is 31.2 Å². The largest absolute Gasteiger partial charge is 0.508 e. The molecule has 3 aromatic rings. The molecule has 0 saturated carbocycles. The second-order valence-electron chi connectivity index (χ2n) is 7.29. The van der Waals surface area contributed by atoms with Crippen molar-refractivity contribution in [3.8, 4) is 34.3 Å². The molecule has 2 unspecified atom stereocenters. The zero-order valence-electron chi connectivity index (χ0n) is 16.2. The third kappa shape index (κ3) is 3.77. The van der Waals surface area contributed by atoms with Crippen molar-refractivity contribution in [1.29, 1.82) is 0 Å². The normalized spacial score (nSPS) is 26.1. The van der Waals surface area contributed by atoms with Gasteiger partial charge >= 0.3 is 0 Å². The van der Waals surface area contributed by atoms with Crippen LogP contribution in [0, 0.1) is 0 Å². The summed E-state index contributed by atoms with van der Waals surface area (Å²) in [7, 11) is 0. The van der Waals surface area contributed by atoms with Crippen LogP contribution in [0.4, 0.5) is 0 Å². The number of hydrogen-bond donors (Lipinski definition) is 6. The van der Waals surface area contributed by atoms with Crippen molar-refractivity contribution in [2.45, 2.75) is 37.6 Å². The zero-order valence-corrected chi connectivity index (χ0v) is 16.2. The SMILES string of the molecule is C[C@@H]1O[C@H](Oc2cc(O)c3c(=O)cc(-c4cc(O)ccc4O)oc3c2)C(O)[C@H](O)C1O. The van der Waals surface area contributed by atoms with Gasteiger partial charge in [0.05, 0.1) is 11.7 Å². The Morgan fingerprint density at radius 3 is 2.39 bits per heavy atom. The molecule has 0 radical (unpaired) electrons. The molecule has 31 heavy (non-hydrogen) atoms. The molecule has 1 aliphatic rings. The summed E-state index contributed by atoms with van der Waals surface area (Å²) >= 11 is 0. The Morgan fingerprint density at radius 1 is 0.903 bits per heavy atom. The highest BCUT2D eigenvalue weighted by Crippen LogP contribution is 2.36. The number of rotatable bonds is 3. The number of aromatic hydroxyl groups is 3. The van der Waals surface area contributed by atoms with Crippen LogP contribution in [0.25, 0.3) is 22.3 Å². The van der Waals surface area contributed by atoms with Crippen molar-refractivity contribution in [3.63, 3.8) is 0 Å². The van der Waals surface area contributed by atoms with Crippen molar-refractivity contribution < 1.29 is 44.5 Å². The average Bonchev–Trinajstić information content (AvgIpc) is 2.71. The lowest BCUT2D eigenvalue weighted by Gasteiger charge is -2.38. The number of fused-ring (bicyclic) bond motifs is 1. The highest BCUT2D eigenvalue weighted by molar-refractivity contribution is 5.86. The smallest absolute Gasteiger partial charge is 0.229 e. The second-order valence-corrected chi connectivity index (χ2v) is 7.29. The van der Waals surface area contributed by atoms with E-state index < -0.39 is 41.9 Å². The summed E-state index contributed by atoms with van der Waals surface area (Å²) in [5, 5.41) is 59.7. The molecule has 5 atom stereocenters. The summed E-state index contributed by atoms with van der Waals surface area (Å²) in [6, 6.07) is 7.14. The van der Waals surface area contributed by atoms with Crippen LogP contribution in [0.5, 0.6) is 23.0 Å². The van der Waals surface area contributed by atoms with E-state index in [0.717, 1.165) is 12.1 Å². The van der Waals surface area contributed by atoms with Crippen LogP contribution in [0.2, 0.25) is 0 Å². The maximum absolute atomic E-state index is 12.5. The van der Waals surface area contributed by atoms with Gasteiger partial charge in [0, 0.05) is 18.2 Å². The van der Waals surface area contributed by atoms with Crippen molar-refractivity contribution in [1.82, 2.24) is 0 Å². The summed E-state index contributed by atoms with van der Waals surface area (Å²) in [4.78, 5) is 12.5. The fraction of sp³-hybridized carbons (Fsp3) is 0.286. The Hall–Kier alpha value is -3.31. The second kappa shape index (κ2) is 7.75. The molecule has 2 heterocycles. The number of benzene rings is 2. The molecule has 164 valence electrons. The number of aliphatic hydroxyl groups is 3. The molecule has 0 spiro atoms. The van der Waals surface area contributed by atoms with Gasteiger partial charge in [0.1, 0.15) is 58.0 Å². The van der Waals surface area contributed by atoms with E-state index >= 15 is 0 Å².